The van der Waals surface area contributed by atoms with Crippen LogP contribution in [0.3, 0.4) is 0 Å². The molecule has 1 aliphatic rings. The number of hydrogen-bond acceptors (Lipinski definition) is 4. The maximum atomic E-state index is 12.9. The molecule has 1 N–H and O–H groups in total. The minimum Gasteiger partial charge on any atom is -0.490 e. The molecule has 25 heavy (non-hydrogen) atoms. The molecule has 132 valence electrons. The lowest BCUT2D eigenvalue weighted by molar-refractivity contribution is -0.121. The highest BCUT2D eigenvalue weighted by Crippen LogP contribution is 2.33. The Kier molecular flexibility index (Phi) is 5.56. The molecule has 0 spiro atoms. The summed E-state index contributed by atoms with van der Waals surface area (Å²) in [5.41, 5.74) is 1.68. The molecule has 5 nitrogen and oxygen atoms in total. The van der Waals surface area contributed by atoms with Gasteiger partial charge in [0, 0.05) is 18.2 Å². The Morgan fingerprint density at radius 1 is 1.12 bits per heavy atom. The van der Waals surface area contributed by atoms with Gasteiger partial charge in [0.05, 0.1) is 13.2 Å². The fourth-order valence-electron chi connectivity index (χ4n) is 2.88. The van der Waals surface area contributed by atoms with Gasteiger partial charge in [0.15, 0.2) is 11.5 Å². The number of rotatable bonds is 5. The number of nitrogens with one attached hydrogen (secondary N) is 1. The quantitative estimate of drug-likeness (QED) is 0.905. The lowest BCUT2D eigenvalue weighted by atomic mass is 10.0. The summed E-state index contributed by atoms with van der Waals surface area (Å²) in [7, 11) is 1.95. The minimum atomic E-state index is -0.345. The van der Waals surface area contributed by atoms with E-state index < -0.39 is 0 Å². The molecule has 0 bridgehead atoms. The SMILES string of the molecule is CCN(C)[C@H](C(=O)Nc1ccc2c(c1)OCCCO2)c1ccccc1. The third-order valence-corrected chi connectivity index (χ3v) is 4.32. The van der Waals surface area contributed by atoms with Gasteiger partial charge in [-0.25, -0.2) is 0 Å². The zero-order valence-corrected chi connectivity index (χ0v) is 14.7. The maximum Gasteiger partial charge on any atom is 0.246 e. The summed E-state index contributed by atoms with van der Waals surface area (Å²) < 4.78 is 11.3. The van der Waals surface area contributed by atoms with E-state index in [0.717, 1.165) is 24.3 Å². The summed E-state index contributed by atoms with van der Waals surface area (Å²) in [5.74, 6) is 1.33. The minimum absolute atomic E-state index is 0.0648. The average molecular weight is 340 g/mol. The molecule has 0 radical (unpaired) electrons. The van der Waals surface area contributed by atoms with Crippen molar-refractivity contribution in [3.05, 3.63) is 54.1 Å². The van der Waals surface area contributed by atoms with Gasteiger partial charge in [-0.1, -0.05) is 37.3 Å². The van der Waals surface area contributed by atoms with Crippen LogP contribution < -0.4 is 14.8 Å². The Balaban J connectivity index is 1.80. The molecule has 1 aliphatic heterocycles. The topological polar surface area (TPSA) is 50.8 Å². The molecular weight excluding hydrogens is 316 g/mol. The monoisotopic (exact) mass is 340 g/mol. The van der Waals surface area contributed by atoms with Crippen LogP contribution >= 0.6 is 0 Å². The van der Waals surface area contributed by atoms with Gasteiger partial charge in [-0.2, -0.15) is 0 Å². The van der Waals surface area contributed by atoms with Gasteiger partial charge in [-0.3, -0.25) is 9.69 Å². The second kappa shape index (κ2) is 8.03. The smallest absolute Gasteiger partial charge is 0.246 e. The van der Waals surface area contributed by atoms with E-state index in [1.165, 1.54) is 0 Å². The first-order valence-corrected chi connectivity index (χ1v) is 8.64. The largest absolute Gasteiger partial charge is 0.490 e. The van der Waals surface area contributed by atoms with Crippen molar-refractivity contribution < 1.29 is 14.3 Å². The fourth-order valence-corrected chi connectivity index (χ4v) is 2.88. The van der Waals surface area contributed by atoms with Gasteiger partial charge in [0.25, 0.3) is 0 Å². The van der Waals surface area contributed by atoms with Crippen molar-refractivity contribution in [2.75, 3.05) is 32.1 Å². The van der Waals surface area contributed by atoms with Crippen molar-refractivity contribution in [3.63, 3.8) is 0 Å². The van der Waals surface area contributed by atoms with Crippen molar-refractivity contribution in [3.8, 4) is 11.5 Å². The summed E-state index contributed by atoms with van der Waals surface area (Å²) in [6.07, 6.45) is 0.855. The number of benzene rings is 2. The number of amides is 1. The van der Waals surface area contributed by atoms with Crippen molar-refractivity contribution in [1.82, 2.24) is 4.90 Å². The van der Waals surface area contributed by atoms with Crippen LogP contribution in [0.5, 0.6) is 11.5 Å². The van der Waals surface area contributed by atoms with Crippen LogP contribution in [0.2, 0.25) is 0 Å². The Labute approximate surface area is 148 Å². The standard InChI is InChI=1S/C20H24N2O3/c1-3-22(2)19(15-8-5-4-6-9-15)20(23)21-16-10-11-17-18(14-16)25-13-7-12-24-17/h4-6,8-11,14,19H,3,7,12-13H2,1-2H3,(H,21,23)/t19-/m0/s1. The first-order valence-electron chi connectivity index (χ1n) is 8.64. The van der Waals surface area contributed by atoms with Gasteiger partial charge in [0.1, 0.15) is 6.04 Å². The first kappa shape index (κ1) is 17.3. The highest BCUT2D eigenvalue weighted by molar-refractivity contribution is 5.95. The third kappa shape index (κ3) is 4.12. The lowest BCUT2D eigenvalue weighted by Gasteiger charge is -2.26. The van der Waals surface area contributed by atoms with Gasteiger partial charge >= 0.3 is 0 Å². The molecule has 1 heterocycles. The van der Waals surface area contributed by atoms with E-state index in [4.69, 9.17) is 9.47 Å². The number of carbonyl (C=O) groups excluding carboxylic acids is 1. The van der Waals surface area contributed by atoms with Crippen LogP contribution in [0.1, 0.15) is 24.9 Å². The molecule has 1 amide bonds. The molecule has 0 aliphatic carbocycles. The molecule has 1 atom stereocenters. The van der Waals surface area contributed by atoms with Crippen molar-refractivity contribution in [2.45, 2.75) is 19.4 Å². The fraction of sp³-hybridized carbons (Fsp3) is 0.350. The Hall–Kier alpha value is -2.53. The second-order valence-electron chi connectivity index (χ2n) is 6.09. The normalized spacial score (nSPS) is 14.7. The van der Waals surface area contributed by atoms with Crippen LogP contribution in [-0.2, 0) is 4.79 Å². The summed E-state index contributed by atoms with van der Waals surface area (Å²) >= 11 is 0. The molecule has 0 aromatic heterocycles. The summed E-state index contributed by atoms with van der Waals surface area (Å²) in [6, 6.07) is 15.0. The molecular formula is C20H24N2O3. The number of anilines is 1. The highest BCUT2D eigenvalue weighted by Gasteiger charge is 2.24. The third-order valence-electron chi connectivity index (χ3n) is 4.32. The van der Waals surface area contributed by atoms with Crippen LogP contribution in [0, 0.1) is 0 Å². The lowest BCUT2D eigenvalue weighted by Crippen LogP contribution is -2.34. The summed E-state index contributed by atoms with van der Waals surface area (Å²) in [4.78, 5) is 14.9. The average Bonchev–Trinajstić information content (AvgIpc) is 2.87. The Morgan fingerprint density at radius 2 is 1.84 bits per heavy atom. The Bertz CT molecular complexity index is 718. The maximum absolute atomic E-state index is 12.9. The number of fused-ring (bicyclic) bond motifs is 1. The number of likely N-dealkylation sites (N-methyl/N-ethyl adjacent to an activating group) is 1. The second-order valence-corrected chi connectivity index (χ2v) is 6.09. The predicted octanol–water partition coefficient (Wildman–Crippen LogP) is 3.48. The van der Waals surface area contributed by atoms with Crippen LogP contribution in [0.25, 0.3) is 0 Å². The molecule has 0 fully saturated rings. The highest BCUT2D eigenvalue weighted by atomic mass is 16.5. The molecule has 2 aromatic rings. The van der Waals surface area contributed by atoms with E-state index in [-0.39, 0.29) is 11.9 Å². The predicted molar refractivity (Wildman–Crippen MR) is 98.2 cm³/mol. The van der Waals surface area contributed by atoms with Crippen molar-refractivity contribution in [1.29, 1.82) is 0 Å². The zero-order chi connectivity index (χ0) is 17.6. The van der Waals surface area contributed by atoms with Gasteiger partial charge < -0.3 is 14.8 Å². The first-order chi connectivity index (χ1) is 12.2. The van der Waals surface area contributed by atoms with Gasteiger partial charge in [-0.15, -0.1) is 0 Å². The molecule has 0 unspecified atom stereocenters. The van der Waals surface area contributed by atoms with Crippen LogP contribution in [-0.4, -0.2) is 37.6 Å². The van der Waals surface area contributed by atoms with Gasteiger partial charge in [0.2, 0.25) is 5.91 Å². The van der Waals surface area contributed by atoms with Crippen LogP contribution in [0.4, 0.5) is 5.69 Å². The van der Waals surface area contributed by atoms with Crippen molar-refractivity contribution >= 4 is 11.6 Å². The van der Waals surface area contributed by atoms with E-state index in [9.17, 15) is 4.79 Å². The van der Waals surface area contributed by atoms with E-state index >= 15 is 0 Å². The molecule has 3 rings (SSSR count). The zero-order valence-electron chi connectivity index (χ0n) is 14.7. The molecule has 5 heteroatoms. The summed E-state index contributed by atoms with van der Waals surface area (Å²) in [6.45, 7) is 4.08. The number of ether oxygens (including phenoxy) is 2. The molecule has 2 aromatic carbocycles. The summed E-state index contributed by atoms with van der Waals surface area (Å²) in [5, 5.41) is 3.01. The Morgan fingerprint density at radius 3 is 2.56 bits per heavy atom. The van der Waals surface area contributed by atoms with Crippen LogP contribution in [0.15, 0.2) is 48.5 Å². The van der Waals surface area contributed by atoms with Gasteiger partial charge in [-0.05, 0) is 31.3 Å². The van der Waals surface area contributed by atoms with E-state index in [2.05, 4.69) is 5.32 Å². The molecule has 0 saturated carbocycles. The van der Waals surface area contributed by atoms with E-state index in [0.29, 0.717) is 24.7 Å². The number of hydrogen-bond donors (Lipinski definition) is 1. The van der Waals surface area contributed by atoms with Crippen molar-refractivity contribution in [2.24, 2.45) is 0 Å². The number of nitrogens with zero attached hydrogens (tertiary/aromatic N) is 1. The van der Waals surface area contributed by atoms with E-state index in [1.54, 1.807) is 0 Å². The molecule has 0 saturated heterocycles. The number of carbonyl (C=O) groups is 1. The van der Waals surface area contributed by atoms with E-state index in [1.807, 2.05) is 67.4 Å².